The van der Waals surface area contributed by atoms with E-state index in [2.05, 4.69) is 15.2 Å². The molecule has 23 heavy (non-hydrogen) atoms. The van der Waals surface area contributed by atoms with Crippen LogP contribution in [-0.4, -0.2) is 27.4 Å². The van der Waals surface area contributed by atoms with Crippen LogP contribution in [0.25, 0.3) is 33.2 Å². The van der Waals surface area contributed by atoms with Gasteiger partial charge in [-0.25, -0.2) is 0 Å². The second kappa shape index (κ2) is 4.81. The van der Waals surface area contributed by atoms with Crippen molar-refractivity contribution >= 4 is 34.0 Å². The summed E-state index contributed by atoms with van der Waals surface area (Å²) in [6.07, 6.45) is 0.821. The van der Waals surface area contributed by atoms with E-state index in [1.54, 1.807) is 18.2 Å². The van der Waals surface area contributed by atoms with Crippen LogP contribution in [0.5, 0.6) is 0 Å². The van der Waals surface area contributed by atoms with Crippen LogP contribution in [-0.2, 0) is 0 Å². The molecule has 0 aliphatic carbocycles. The summed E-state index contributed by atoms with van der Waals surface area (Å²) in [6, 6.07) is 12.6. The molecule has 2 aromatic carbocycles. The predicted molar refractivity (Wildman–Crippen MR) is 87.3 cm³/mol. The molecule has 0 aliphatic heterocycles. The van der Waals surface area contributed by atoms with E-state index < -0.39 is 5.91 Å². The molecule has 0 spiro atoms. The number of nitrogens with two attached hydrogens (primary N) is 1. The standard InChI is InChI=1S/C17H12N4O2/c18-17(23)10-2-3-12-14(6-10)20-21-16(12)15-7-11-5-9(8-22)1-4-13(11)19-15/h1-8,19H,(H2,18,23)(H,20,21). The number of aldehydes is 1. The smallest absolute Gasteiger partial charge is 0.248 e. The van der Waals surface area contributed by atoms with E-state index in [1.807, 2.05) is 24.3 Å². The SMILES string of the molecule is NC(=O)c1ccc2c(-c3cc4cc(C=O)ccc4[nH]3)n[nH]c2c1. The van der Waals surface area contributed by atoms with Crippen LogP contribution in [0.1, 0.15) is 20.7 Å². The molecule has 0 bridgehead atoms. The Balaban J connectivity index is 1.88. The topological polar surface area (TPSA) is 105 Å². The van der Waals surface area contributed by atoms with Crippen molar-refractivity contribution in [3.8, 4) is 11.4 Å². The van der Waals surface area contributed by atoms with Gasteiger partial charge in [-0.05, 0) is 42.5 Å². The van der Waals surface area contributed by atoms with Gasteiger partial charge in [-0.15, -0.1) is 0 Å². The summed E-state index contributed by atoms with van der Waals surface area (Å²) in [6.45, 7) is 0. The molecule has 6 heteroatoms. The second-order valence-electron chi connectivity index (χ2n) is 5.34. The number of fused-ring (bicyclic) bond motifs is 2. The first kappa shape index (κ1) is 13.3. The van der Waals surface area contributed by atoms with Gasteiger partial charge >= 0.3 is 0 Å². The van der Waals surface area contributed by atoms with Gasteiger partial charge in [0.2, 0.25) is 5.91 Å². The quantitative estimate of drug-likeness (QED) is 0.507. The van der Waals surface area contributed by atoms with Crippen LogP contribution in [0.3, 0.4) is 0 Å². The van der Waals surface area contributed by atoms with Gasteiger partial charge in [0.25, 0.3) is 0 Å². The van der Waals surface area contributed by atoms with Gasteiger partial charge in [-0.1, -0.05) is 0 Å². The van der Waals surface area contributed by atoms with E-state index in [4.69, 9.17) is 5.73 Å². The average molecular weight is 304 g/mol. The number of H-pyrrole nitrogens is 2. The Kier molecular flexibility index (Phi) is 2.77. The number of benzene rings is 2. The third-order valence-electron chi connectivity index (χ3n) is 3.88. The Hall–Kier alpha value is -3.41. The zero-order valence-corrected chi connectivity index (χ0v) is 12.0. The minimum atomic E-state index is -0.477. The summed E-state index contributed by atoms with van der Waals surface area (Å²) in [5, 5.41) is 9.07. The van der Waals surface area contributed by atoms with Gasteiger partial charge in [-0.3, -0.25) is 14.7 Å². The first-order valence-corrected chi connectivity index (χ1v) is 7.02. The highest BCUT2D eigenvalue weighted by atomic mass is 16.1. The van der Waals surface area contributed by atoms with Gasteiger partial charge in [0, 0.05) is 27.4 Å². The molecule has 112 valence electrons. The Bertz CT molecular complexity index is 1070. The average Bonchev–Trinajstić information content (AvgIpc) is 3.16. The molecular weight excluding hydrogens is 292 g/mol. The van der Waals surface area contributed by atoms with E-state index >= 15 is 0 Å². The Morgan fingerprint density at radius 2 is 1.96 bits per heavy atom. The fourth-order valence-electron chi connectivity index (χ4n) is 2.73. The monoisotopic (exact) mass is 304 g/mol. The number of hydrogen-bond acceptors (Lipinski definition) is 3. The zero-order chi connectivity index (χ0) is 16.0. The first-order valence-electron chi connectivity index (χ1n) is 7.02. The summed E-state index contributed by atoms with van der Waals surface area (Å²) >= 11 is 0. The van der Waals surface area contributed by atoms with Crippen molar-refractivity contribution in [3.05, 3.63) is 53.6 Å². The molecule has 0 aliphatic rings. The van der Waals surface area contributed by atoms with Gasteiger partial charge in [-0.2, -0.15) is 5.10 Å². The summed E-state index contributed by atoms with van der Waals surface area (Å²) < 4.78 is 0. The molecule has 0 unspecified atom stereocenters. The molecule has 0 atom stereocenters. The lowest BCUT2D eigenvalue weighted by Gasteiger charge is -1.96. The van der Waals surface area contributed by atoms with E-state index in [0.29, 0.717) is 11.1 Å². The van der Waals surface area contributed by atoms with Crippen molar-refractivity contribution in [2.75, 3.05) is 0 Å². The largest absolute Gasteiger partial charge is 0.366 e. The molecule has 2 aromatic heterocycles. The number of nitrogens with one attached hydrogen (secondary N) is 2. The summed E-state index contributed by atoms with van der Waals surface area (Å²) in [4.78, 5) is 25.4. The molecule has 0 saturated heterocycles. The summed E-state index contributed by atoms with van der Waals surface area (Å²) in [5.74, 6) is -0.477. The molecular formula is C17H12N4O2. The van der Waals surface area contributed by atoms with Crippen LogP contribution in [0, 0.1) is 0 Å². The molecule has 0 radical (unpaired) electrons. The fourth-order valence-corrected chi connectivity index (χ4v) is 2.73. The van der Waals surface area contributed by atoms with Crippen LogP contribution in [0.4, 0.5) is 0 Å². The molecule has 2 heterocycles. The minimum Gasteiger partial charge on any atom is -0.366 e. The number of hydrogen-bond donors (Lipinski definition) is 3. The van der Waals surface area contributed by atoms with E-state index in [-0.39, 0.29) is 0 Å². The minimum absolute atomic E-state index is 0.431. The number of aromatic amines is 2. The number of carbonyl (C=O) groups is 2. The van der Waals surface area contributed by atoms with Crippen LogP contribution >= 0.6 is 0 Å². The third kappa shape index (κ3) is 2.08. The lowest BCUT2D eigenvalue weighted by Crippen LogP contribution is -2.10. The number of rotatable bonds is 3. The van der Waals surface area contributed by atoms with Crippen LogP contribution in [0.15, 0.2) is 42.5 Å². The summed E-state index contributed by atoms with van der Waals surface area (Å²) in [7, 11) is 0. The predicted octanol–water partition coefficient (Wildman–Crippen LogP) is 2.62. The number of nitrogens with zero attached hydrogens (tertiary/aromatic N) is 1. The number of amides is 1. The Morgan fingerprint density at radius 3 is 2.74 bits per heavy atom. The summed E-state index contributed by atoms with van der Waals surface area (Å²) in [5.41, 5.74) is 9.60. The molecule has 1 amide bonds. The van der Waals surface area contributed by atoms with Crippen molar-refractivity contribution < 1.29 is 9.59 Å². The highest BCUT2D eigenvalue weighted by Gasteiger charge is 2.12. The van der Waals surface area contributed by atoms with Crippen LogP contribution in [0.2, 0.25) is 0 Å². The van der Waals surface area contributed by atoms with Crippen LogP contribution < -0.4 is 5.73 Å². The fraction of sp³-hybridized carbons (Fsp3) is 0. The van der Waals surface area contributed by atoms with E-state index in [9.17, 15) is 9.59 Å². The van der Waals surface area contributed by atoms with Crippen molar-refractivity contribution in [3.63, 3.8) is 0 Å². The number of aromatic nitrogens is 3. The maximum atomic E-state index is 11.3. The molecule has 4 aromatic rings. The van der Waals surface area contributed by atoms with Crippen molar-refractivity contribution in [2.45, 2.75) is 0 Å². The van der Waals surface area contributed by atoms with Gasteiger partial charge in [0.05, 0.1) is 11.2 Å². The highest BCUT2D eigenvalue weighted by molar-refractivity contribution is 6.01. The second-order valence-corrected chi connectivity index (χ2v) is 5.34. The molecule has 0 fully saturated rings. The third-order valence-corrected chi connectivity index (χ3v) is 3.88. The normalized spacial score (nSPS) is 11.1. The van der Waals surface area contributed by atoms with E-state index in [1.165, 1.54) is 0 Å². The Morgan fingerprint density at radius 1 is 1.09 bits per heavy atom. The lowest BCUT2D eigenvalue weighted by molar-refractivity contribution is 0.1000. The highest BCUT2D eigenvalue weighted by Crippen LogP contribution is 2.29. The maximum absolute atomic E-state index is 11.3. The van der Waals surface area contributed by atoms with Gasteiger partial charge < -0.3 is 10.7 Å². The number of carbonyl (C=O) groups excluding carboxylic acids is 2. The first-order chi connectivity index (χ1) is 11.2. The van der Waals surface area contributed by atoms with Crippen molar-refractivity contribution in [1.29, 1.82) is 0 Å². The van der Waals surface area contributed by atoms with Crippen molar-refractivity contribution in [2.24, 2.45) is 5.73 Å². The van der Waals surface area contributed by atoms with E-state index in [0.717, 1.165) is 39.5 Å². The van der Waals surface area contributed by atoms with Gasteiger partial charge in [0.1, 0.15) is 12.0 Å². The molecule has 0 saturated carbocycles. The number of primary amides is 1. The molecule has 6 nitrogen and oxygen atoms in total. The van der Waals surface area contributed by atoms with Gasteiger partial charge in [0.15, 0.2) is 0 Å². The zero-order valence-electron chi connectivity index (χ0n) is 12.0. The molecule has 4 rings (SSSR count). The van der Waals surface area contributed by atoms with Crippen molar-refractivity contribution in [1.82, 2.24) is 15.2 Å². The Labute approximate surface area is 130 Å². The molecule has 4 N–H and O–H groups in total. The lowest BCUT2D eigenvalue weighted by atomic mass is 10.1. The maximum Gasteiger partial charge on any atom is 0.248 e.